The van der Waals surface area contributed by atoms with Gasteiger partial charge in [0.1, 0.15) is 0 Å². The van der Waals surface area contributed by atoms with Gasteiger partial charge in [-0.05, 0) is 70.8 Å². The maximum Gasteiger partial charge on any atom is 0.0497 e. The molecule has 1 saturated carbocycles. The van der Waals surface area contributed by atoms with Gasteiger partial charge in [-0.3, -0.25) is 0 Å². The van der Waals surface area contributed by atoms with Crippen LogP contribution in [-0.2, 0) is 4.74 Å². The molecule has 2 rings (SSSR count). The van der Waals surface area contributed by atoms with Crippen molar-refractivity contribution >= 4 is 0 Å². The molecule has 1 heterocycles. The van der Waals surface area contributed by atoms with E-state index in [0.29, 0.717) is 0 Å². The van der Waals surface area contributed by atoms with Crippen molar-refractivity contribution in [2.75, 3.05) is 19.8 Å². The molecule has 0 bridgehead atoms. The van der Waals surface area contributed by atoms with Crippen LogP contribution in [0.5, 0.6) is 0 Å². The van der Waals surface area contributed by atoms with Gasteiger partial charge in [0.25, 0.3) is 0 Å². The van der Waals surface area contributed by atoms with Gasteiger partial charge < -0.3 is 10.1 Å². The summed E-state index contributed by atoms with van der Waals surface area (Å²) < 4.78 is 5.71. The highest BCUT2D eigenvalue weighted by Crippen LogP contribution is 2.38. The van der Waals surface area contributed by atoms with E-state index in [1.165, 1.54) is 45.1 Å². The van der Waals surface area contributed by atoms with Crippen LogP contribution in [-0.4, -0.2) is 25.3 Å². The molecule has 0 spiro atoms. The van der Waals surface area contributed by atoms with Crippen LogP contribution in [0.3, 0.4) is 0 Å². The SMILES string of the molecule is CC(C)(C)NCC1CCCCC1C1CCCOC1. The van der Waals surface area contributed by atoms with Gasteiger partial charge in [0.15, 0.2) is 0 Å². The largest absolute Gasteiger partial charge is 0.381 e. The molecule has 18 heavy (non-hydrogen) atoms. The van der Waals surface area contributed by atoms with Crippen molar-refractivity contribution in [3.05, 3.63) is 0 Å². The lowest BCUT2D eigenvalue weighted by atomic mass is 9.70. The molecule has 2 nitrogen and oxygen atoms in total. The summed E-state index contributed by atoms with van der Waals surface area (Å²) in [6, 6.07) is 0. The first-order valence-electron chi connectivity index (χ1n) is 7.89. The van der Waals surface area contributed by atoms with E-state index in [0.717, 1.165) is 31.0 Å². The minimum atomic E-state index is 0.255. The van der Waals surface area contributed by atoms with Gasteiger partial charge in [-0.15, -0.1) is 0 Å². The van der Waals surface area contributed by atoms with Gasteiger partial charge in [-0.2, -0.15) is 0 Å². The van der Waals surface area contributed by atoms with E-state index in [1.54, 1.807) is 0 Å². The normalized spacial score (nSPS) is 34.5. The van der Waals surface area contributed by atoms with Gasteiger partial charge in [0.05, 0.1) is 0 Å². The lowest BCUT2D eigenvalue weighted by Gasteiger charge is -2.40. The monoisotopic (exact) mass is 253 g/mol. The Morgan fingerprint density at radius 2 is 1.83 bits per heavy atom. The molecule has 0 aromatic heterocycles. The molecule has 0 aromatic carbocycles. The first-order chi connectivity index (χ1) is 8.56. The summed E-state index contributed by atoms with van der Waals surface area (Å²) in [7, 11) is 0. The van der Waals surface area contributed by atoms with Crippen molar-refractivity contribution < 1.29 is 4.74 Å². The number of nitrogens with one attached hydrogen (secondary N) is 1. The van der Waals surface area contributed by atoms with Crippen molar-refractivity contribution in [3.8, 4) is 0 Å². The number of hydrogen-bond acceptors (Lipinski definition) is 2. The Bertz CT molecular complexity index is 240. The molecule has 3 atom stereocenters. The average molecular weight is 253 g/mol. The molecule has 0 aromatic rings. The standard InChI is InChI=1S/C16H31NO/c1-16(2,3)17-11-13-7-4-5-9-15(13)14-8-6-10-18-12-14/h13-15,17H,4-12H2,1-3H3. The molecule has 0 amide bonds. The first-order valence-corrected chi connectivity index (χ1v) is 7.89. The molecular weight excluding hydrogens is 222 g/mol. The van der Waals surface area contributed by atoms with Crippen LogP contribution in [0.2, 0.25) is 0 Å². The average Bonchev–Trinajstić information content (AvgIpc) is 2.37. The van der Waals surface area contributed by atoms with E-state index in [-0.39, 0.29) is 5.54 Å². The highest BCUT2D eigenvalue weighted by atomic mass is 16.5. The van der Waals surface area contributed by atoms with Gasteiger partial charge in [-0.1, -0.05) is 12.8 Å². The number of rotatable bonds is 3. The summed E-state index contributed by atoms with van der Waals surface area (Å²) in [5.74, 6) is 2.63. The van der Waals surface area contributed by atoms with E-state index in [1.807, 2.05) is 0 Å². The van der Waals surface area contributed by atoms with Crippen molar-refractivity contribution in [1.29, 1.82) is 0 Å². The molecule has 3 unspecified atom stereocenters. The molecule has 106 valence electrons. The fourth-order valence-corrected chi connectivity index (χ4v) is 3.65. The predicted molar refractivity (Wildman–Crippen MR) is 76.7 cm³/mol. The maximum atomic E-state index is 5.71. The van der Waals surface area contributed by atoms with Crippen molar-refractivity contribution in [2.24, 2.45) is 17.8 Å². The third-order valence-electron chi connectivity index (χ3n) is 4.66. The van der Waals surface area contributed by atoms with Crippen LogP contribution < -0.4 is 5.32 Å². The summed E-state index contributed by atoms with van der Waals surface area (Å²) in [5, 5.41) is 3.72. The van der Waals surface area contributed by atoms with Crippen LogP contribution in [0, 0.1) is 17.8 Å². The Kier molecular flexibility index (Phi) is 5.08. The summed E-state index contributed by atoms with van der Waals surface area (Å²) in [6.45, 7) is 10.0. The van der Waals surface area contributed by atoms with Crippen LogP contribution in [0.15, 0.2) is 0 Å². The molecule has 1 aliphatic heterocycles. The Labute approximate surface area is 113 Å². The van der Waals surface area contributed by atoms with E-state index >= 15 is 0 Å². The van der Waals surface area contributed by atoms with Crippen molar-refractivity contribution in [1.82, 2.24) is 5.32 Å². The molecule has 0 radical (unpaired) electrons. The summed E-state index contributed by atoms with van der Waals surface area (Å²) in [6.07, 6.45) is 8.40. The number of ether oxygens (including phenoxy) is 1. The minimum absolute atomic E-state index is 0.255. The van der Waals surface area contributed by atoms with Gasteiger partial charge in [0, 0.05) is 18.8 Å². The Morgan fingerprint density at radius 1 is 1.06 bits per heavy atom. The Hall–Kier alpha value is -0.0800. The molecule has 2 heteroatoms. The predicted octanol–water partition coefficient (Wildman–Crippen LogP) is 3.61. The molecular formula is C16H31NO. The summed E-state index contributed by atoms with van der Waals surface area (Å²) in [5.41, 5.74) is 0.255. The fourth-order valence-electron chi connectivity index (χ4n) is 3.65. The zero-order valence-electron chi connectivity index (χ0n) is 12.5. The highest BCUT2D eigenvalue weighted by molar-refractivity contribution is 4.85. The fraction of sp³-hybridized carbons (Fsp3) is 1.00. The molecule has 1 N–H and O–H groups in total. The van der Waals surface area contributed by atoms with Crippen LogP contribution >= 0.6 is 0 Å². The molecule has 1 aliphatic carbocycles. The van der Waals surface area contributed by atoms with E-state index in [4.69, 9.17) is 4.74 Å². The zero-order valence-corrected chi connectivity index (χ0v) is 12.5. The minimum Gasteiger partial charge on any atom is -0.381 e. The number of hydrogen-bond donors (Lipinski definition) is 1. The third-order valence-corrected chi connectivity index (χ3v) is 4.66. The Balaban J connectivity index is 1.88. The lowest BCUT2D eigenvalue weighted by molar-refractivity contribution is 0.00490. The van der Waals surface area contributed by atoms with Crippen LogP contribution in [0.25, 0.3) is 0 Å². The van der Waals surface area contributed by atoms with Crippen LogP contribution in [0.4, 0.5) is 0 Å². The Morgan fingerprint density at radius 3 is 2.50 bits per heavy atom. The summed E-state index contributed by atoms with van der Waals surface area (Å²) in [4.78, 5) is 0. The molecule has 2 aliphatic rings. The topological polar surface area (TPSA) is 21.3 Å². The van der Waals surface area contributed by atoms with E-state index in [2.05, 4.69) is 26.1 Å². The van der Waals surface area contributed by atoms with Gasteiger partial charge in [-0.25, -0.2) is 0 Å². The second-order valence-corrected chi connectivity index (χ2v) is 7.32. The maximum absolute atomic E-state index is 5.71. The second-order valence-electron chi connectivity index (χ2n) is 7.32. The smallest absolute Gasteiger partial charge is 0.0497 e. The summed E-state index contributed by atoms with van der Waals surface area (Å²) >= 11 is 0. The van der Waals surface area contributed by atoms with Crippen LogP contribution in [0.1, 0.15) is 59.3 Å². The van der Waals surface area contributed by atoms with E-state index < -0.39 is 0 Å². The lowest BCUT2D eigenvalue weighted by Crippen LogP contribution is -2.43. The molecule has 1 saturated heterocycles. The first kappa shape index (κ1) is 14.3. The zero-order chi connectivity index (χ0) is 13.0. The second kappa shape index (κ2) is 6.38. The quantitative estimate of drug-likeness (QED) is 0.829. The van der Waals surface area contributed by atoms with Crippen molar-refractivity contribution in [3.63, 3.8) is 0 Å². The van der Waals surface area contributed by atoms with Crippen molar-refractivity contribution in [2.45, 2.75) is 64.8 Å². The molecule has 2 fully saturated rings. The van der Waals surface area contributed by atoms with E-state index in [9.17, 15) is 0 Å². The van der Waals surface area contributed by atoms with Gasteiger partial charge >= 0.3 is 0 Å². The highest BCUT2D eigenvalue weighted by Gasteiger charge is 2.33. The van der Waals surface area contributed by atoms with Gasteiger partial charge in [0.2, 0.25) is 0 Å². The third kappa shape index (κ3) is 4.24.